The van der Waals surface area contributed by atoms with Crippen LogP contribution in [0.1, 0.15) is 15.9 Å². The lowest BCUT2D eigenvalue weighted by Crippen LogP contribution is -2.18. The van der Waals surface area contributed by atoms with E-state index in [-0.39, 0.29) is 0 Å². The Morgan fingerprint density at radius 3 is 2.30 bits per heavy atom. The van der Waals surface area contributed by atoms with E-state index in [2.05, 4.69) is 10.5 Å². The van der Waals surface area contributed by atoms with Crippen molar-refractivity contribution < 1.29 is 19.7 Å². The number of benzene rings is 2. The van der Waals surface area contributed by atoms with Gasteiger partial charge in [0.25, 0.3) is 11.6 Å². The predicted octanol–water partition coefficient (Wildman–Crippen LogP) is 2.04. The first-order valence-electron chi connectivity index (χ1n) is 7.47. The lowest BCUT2D eigenvalue weighted by Gasteiger charge is -2.11. The van der Waals surface area contributed by atoms with Crippen molar-refractivity contribution in [3.05, 3.63) is 67.8 Å². The topological polar surface area (TPSA) is 151 Å². The fourth-order valence-electron chi connectivity index (χ4n) is 2.11. The number of nitro benzene ring substituents is 2. The number of carbonyl (C=O) groups excluding carboxylic acids is 1. The summed E-state index contributed by atoms with van der Waals surface area (Å²) < 4.78 is 0. The van der Waals surface area contributed by atoms with Crippen LogP contribution < -0.4 is 10.3 Å². The van der Waals surface area contributed by atoms with Crippen molar-refractivity contribution >= 4 is 29.2 Å². The zero-order valence-electron chi connectivity index (χ0n) is 14.3. The van der Waals surface area contributed by atoms with Gasteiger partial charge in [-0.15, -0.1) is 0 Å². The summed E-state index contributed by atoms with van der Waals surface area (Å²) in [7, 11) is 3.77. The quantitative estimate of drug-likeness (QED) is 0.446. The summed E-state index contributed by atoms with van der Waals surface area (Å²) in [5.41, 5.74) is 1.42. The summed E-state index contributed by atoms with van der Waals surface area (Å²) in [6, 6.07) is 8.47. The molecule has 0 heterocycles. The van der Waals surface area contributed by atoms with Crippen LogP contribution in [0, 0.1) is 20.2 Å². The van der Waals surface area contributed by atoms with E-state index in [0.717, 1.165) is 11.8 Å². The van der Waals surface area contributed by atoms with Gasteiger partial charge >= 0.3 is 5.69 Å². The van der Waals surface area contributed by atoms with Gasteiger partial charge in [-0.25, -0.2) is 5.43 Å². The maximum atomic E-state index is 12.1. The molecular weight excluding hydrogens is 358 g/mol. The van der Waals surface area contributed by atoms with E-state index in [4.69, 9.17) is 0 Å². The van der Waals surface area contributed by atoms with Crippen LogP contribution in [-0.4, -0.2) is 41.2 Å². The van der Waals surface area contributed by atoms with Crippen molar-refractivity contribution in [3.8, 4) is 5.75 Å². The number of hydrogen-bond acceptors (Lipinski definition) is 8. The van der Waals surface area contributed by atoms with E-state index < -0.39 is 38.4 Å². The van der Waals surface area contributed by atoms with Crippen molar-refractivity contribution in [3.63, 3.8) is 0 Å². The van der Waals surface area contributed by atoms with Crippen molar-refractivity contribution in [1.82, 2.24) is 5.43 Å². The first-order chi connectivity index (χ1) is 12.7. The van der Waals surface area contributed by atoms with Gasteiger partial charge in [-0.1, -0.05) is 12.1 Å². The zero-order valence-corrected chi connectivity index (χ0v) is 14.3. The second-order valence-electron chi connectivity index (χ2n) is 5.56. The van der Waals surface area contributed by atoms with Crippen molar-refractivity contribution in [2.75, 3.05) is 19.0 Å². The third-order valence-electron chi connectivity index (χ3n) is 3.52. The Bertz CT molecular complexity index is 924. The standard InChI is InChI=1S/C16H15N5O6/c1-19(2)11-5-3-10(4-6-11)9-17-18-16(23)13-7-12(20(24)25)8-14(15(13)22)21(26)27/h3-9,22H,1-2H3,(H,18,23). The zero-order chi connectivity index (χ0) is 20.1. The minimum Gasteiger partial charge on any atom is -0.502 e. The van der Waals surface area contributed by atoms with Crippen molar-refractivity contribution in [2.24, 2.45) is 5.10 Å². The van der Waals surface area contributed by atoms with Crippen LogP contribution in [0.15, 0.2) is 41.5 Å². The van der Waals surface area contributed by atoms with Crippen LogP contribution in [0.25, 0.3) is 0 Å². The molecule has 2 aromatic rings. The molecule has 2 N–H and O–H groups in total. The molecule has 0 bridgehead atoms. The molecule has 0 saturated heterocycles. The first kappa shape index (κ1) is 19.3. The Morgan fingerprint density at radius 1 is 1.15 bits per heavy atom. The molecular formula is C16H15N5O6. The molecule has 0 radical (unpaired) electrons. The van der Waals surface area contributed by atoms with Gasteiger partial charge in [0.05, 0.1) is 27.7 Å². The number of amides is 1. The average molecular weight is 373 g/mol. The van der Waals surface area contributed by atoms with Gasteiger partial charge in [-0.2, -0.15) is 5.10 Å². The molecule has 2 aromatic carbocycles. The molecule has 0 aliphatic heterocycles. The fraction of sp³-hybridized carbons (Fsp3) is 0.125. The second kappa shape index (κ2) is 7.91. The van der Waals surface area contributed by atoms with Gasteiger partial charge in [0.15, 0.2) is 0 Å². The van der Waals surface area contributed by atoms with Crippen molar-refractivity contribution in [2.45, 2.75) is 0 Å². The normalized spacial score (nSPS) is 10.6. The maximum Gasteiger partial charge on any atom is 0.318 e. The Morgan fingerprint density at radius 2 is 1.78 bits per heavy atom. The third-order valence-corrected chi connectivity index (χ3v) is 3.52. The number of carbonyl (C=O) groups is 1. The number of nitrogens with one attached hydrogen (secondary N) is 1. The SMILES string of the molecule is CN(C)c1ccc(C=NNC(=O)c2cc([N+](=O)[O-])cc([N+](=O)[O-])c2O)cc1. The molecule has 0 atom stereocenters. The number of aromatic hydroxyl groups is 1. The number of hydrazone groups is 1. The van der Waals surface area contributed by atoms with Gasteiger partial charge < -0.3 is 10.0 Å². The Kier molecular flexibility index (Phi) is 5.65. The molecule has 11 nitrogen and oxygen atoms in total. The predicted molar refractivity (Wildman–Crippen MR) is 97.2 cm³/mol. The number of rotatable bonds is 6. The maximum absolute atomic E-state index is 12.1. The highest BCUT2D eigenvalue weighted by Gasteiger charge is 2.27. The molecule has 27 heavy (non-hydrogen) atoms. The molecule has 11 heteroatoms. The molecule has 0 fully saturated rings. The number of nitrogens with zero attached hydrogens (tertiary/aromatic N) is 4. The van der Waals surface area contributed by atoms with Crippen LogP contribution in [0.3, 0.4) is 0 Å². The number of anilines is 1. The van der Waals surface area contributed by atoms with Gasteiger partial charge in [0.2, 0.25) is 5.75 Å². The first-order valence-corrected chi connectivity index (χ1v) is 7.47. The van der Waals surface area contributed by atoms with Crippen LogP contribution in [-0.2, 0) is 0 Å². The van der Waals surface area contributed by atoms with E-state index in [1.165, 1.54) is 6.21 Å². The number of phenolic OH excluding ortho intramolecular Hbond substituents is 1. The van der Waals surface area contributed by atoms with Crippen molar-refractivity contribution in [1.29, 1.82) is 0 Å². The Labute approximate surface area is 152 Å². The summed E-state index contributed by atoms with van der Waals surface area (Å²) in [6.07, 6.45) is 1.32. The van der Waals surface area contributed by atoms with Gasteiger partial charge in [0.1, 0.15) is 0 Å². The molecule has 0 aliphatic rings. The number of hydrogen-bond donors (Lipinski definition) is 2. The molecule has 0 unspecified atom stereocenters. The molecule has 0 spiro atoms. The molecule has 1 amide bonds. The highest BCUT2D eigenvalue weighted by atomic mass is 16.6. The number of non-ortho nitro benzene ring substituents is 1. The van der Waals surface area contributed by atoms with E-state index in [9.17, 15) is 30.1 Å². The summed E-state index contributed by atoms with van der Waals surface area (Å²) in [5.74, 6) is -2.01. The van der Waals surface area contributed by atoms with Crippen LogP contribution in [0.4, 0.5) is 17.1 Å². The van der Waals surface area contributed by atoms with E-state index in [1.54, 1.807) is 12.1 Å². The molecule has 2 rings (SSSR count). The third kappa shape index (κ3) is 4.54. The Balaban J connectivity index is 2.22. The lowest BCUT2D eigenvalue weighted by molar-refractivity contribution is -0.394. The van der Waals surface area contributed by atoms with E-state index in [1.807, 2.05) is 31.1 Å². The largest absolute Gasteiger partial charge is 0.502 e. The monoisotopic (exact) mass is 373 g/mol. The van der Waals surface area contributed by atoms with Gasteiger partial charge in [-0.3, -0.25) is 25.0 Å². The summed E-state index contributed by atoms with van der Waals surface area (Å²) in [4.78, 5) is 33.9. The summed E-state index contributed by atoms with van der Waals surface area (Å²) >= 11 is 0. The minimum absolute atomic E-state index is 0.571. The second-order valence-corrected chi connectivity index (χ2v) is 5.56. The summed E-state index contributed by atoms with van der Waals surface area (Å²) in [6.45, 7) is 0. The van der Waals surface area contributed by atoms with Crippen LogP contribution in [0.5, 0.6) is 5.75 Å². The highest BCUT2D eigenvalue weighted by Crippen LogP contribution is 2.34. The lowest BCUT2D eigenvalue weighted by atomic mass is 10.1. The molecule has 0 aliphatic carbocycles. The van der Waals surface area contributed by atoms with E-state index >= 15 is 0 Å². The minimum atomic E-state index is -1.03. The van der Waals surface area contributed by atoms with Gasteiger partial charge in [-0.05, 0) is 17.7 Å². The Hall–Kier alpha value is -4.02. The van der Waals surface area contributed by atoms with Crippen LogP contribution >= 0.6 is 0 Å². The molecule has 0 saturated carbocycles. The smallest absolute Gasteiger partial charge is 0.318 e. The molecule has 140 valence electrons. The number of phenols is 1. The highest BCUT2D eigenvalue weighted by molar-refractivity contribution is 5.99. The van der Waals surface area contributed by atoms with E-state index in [0.29, 0.717) is 11.6 Å². The fourth-order valence-corrected chi connectivity index (χ4v) is 2.11. The average Bonchev–Trinajstić information content (AvgIpc) is 2.61. The number of nitro groups is 2. The summed E-state index contributed by atoms with van der Waals surface area (Å²) in [5, 5.41) is 35.3. The van der Waals surface area contributed by atoms with Crippen LogP contribution in [0.2, 0.25) is 0 Å². The molecule has 0 aromatic heterocycles. The van der Waals surface area contributed by atoms with Gasteiger partial charge in [0, 0.05) is 25.8 Å².